The Labute approximate surface area is 310 Å². The van der Waals surface area contributed by atoms with Crippen molar-refractivity contribution in [3.8, 4) is 5.75 Å². The van der Waals surface area contributed by atoms with Crippen LogP contribution in [0, 0.1) is 0 Å². The second-order valence-corrected chi connectivity index (χ2v) is 13.8. The highest BCUT2D eigenvalue weighted by Crippen LogP contribution is 2.38. The van der Waals surface area contributed by atoms with Gasteiger partial charge in [0.1, 0.15) is 12.4 Å². The van der Waals surface area contributed by atoms with Gasteiger partial charge >= 0.3 is 5.97 Å². The van der Waals surface area contributed by atoms with Crippen molar-refractivity contribution in [1.29, 1.82) is 0 Å². The molecule has 0 amide bonds. The number of hydrogen-bond donors (Lipinski definition) is 0. The number of ether oxygens (including phenoxy) is 3. The molecular formula is C47H53NO4. The molecule has 5 aromatic carbocycles. The van der Waals surface area contributed by atoms with Gasteiger partial charge in [0, 0.05) is 19.6 Å². The van der Waals surface area contributed by atoms with Gasteiger partial charge in [0.2, 0.25) is 0 Å². The maximum Gasteiger partial charge on any atom is 0.335 e. The van der Waals surface area contributed by atoms with E-state index in [0.717, 1.165) is 56.4 Å². The number of likely N-dealkylation sites (N-methyl/N-ethyl adjacent to an activating group) is 1. The van der Waals surface area contributed by atoms with Gasteiger partial charge < -0.3 is 14.2 Å². The first-order valence-corrected chi connectivity index (χ1v) is 19.0. The first kappa shape index (κ1) is 37.1. The van der Waals surface area contributed by atoms with Crippen LogP contribution in [0.5, 0.6) is 5.75 Å². The molecule has 52 heavy (non-hydrogen) atoms. The third-order valence-electron chi connectivity index (χ3n) is 10.2. The lowest BCUT2D eigenvalue weighted by Gasteiger charge is -2.31. The number of hydrogen-bond acceptors (Lipinski definition) is 5. The zero-order valence-corrected chi connectivity index (χ0v) is 31.1. The second kappa shape index (κ2) is 18.7. The third kappa shape index (κ3) is 9.78. The fourth-order valence-electron chi connectivity index (χ4n) is 7.53. The standard InChI is InChI=1S/C47H53NO4/c1-4-50-45(47(49)51-5-2)34-38-22-27-41(28-23-38)52-32-31-48(3)46-43-29-24-37(20-19-35-13-8-6-9-14-35)33-40(43)26-30-42-39(17-12-18-44(42)46)25-21-36-15-10-7-11-16-36/h6-18,22-24,27-29,33,45-46H,4-5,19-21,25-26,30-32,34H2,1-3H3. The maximum absolute atomic E-state index is 12.3. The minimum atomic E-state index is -0.602. The van der Waals surface area contributed by atoms with Crippen LogP contribution < -0.4 is 4.74 Å². The number of benzene rings is 5. The van der Waals surface area contributed by atoms with Gasteiger partial charge in [0.25, 0.3) is 0 Å². The Morgan fingerprint density at radius 2 is 1.37 bits per heavy atom. The predicted molar refractivity (Wildman–Crippen MR) is 210 cm³/mol. The lowest BCUT2D eigenvalue weighted by atomic mass is 9.89. The van der Waals surface area contributed by atoms with Crippen molar-refractivity contribution >= 4 is 5.97 Å². The monoisotopic (exact) mass is 695 g/mol. The van der Waals surface area contributed by atoms with Crippen LogP contribution in [0.2, 0.25) is 0 Å². The van der Waals surface area contributed by atoms with E-state index in [1.807, 2.05) is 38.1 Å². The molecule has 0 aliphatic heterocycles. The number of nitrogens with zero attached hydrogens (tertiary/aromatic N) is 1. The van der Waals surface area contributed by atoms with Crippen molar-refractivity contribution < 1.29 is 19.0 Å². The van der Waals surface area contributed by atoms with Crippen LogP contribution >= 0.6 is 0 Å². The minimum Gasteiger partial charge on any atom is -0.492 e. The summed E-state index contributed by atoms with van der Waals surface area (Å²) >= 11 is 0. The topological polar surface area (TPSA) is 48.0 Å². The zero-order valence-electron chi connectivity index (χ0n) is 31.1. The molecule has 6 rings (SSSR count). The van der Waals surface area contributed by atoms with Gasteiger partial charge in [-0.15, -0.1) is 0 Å². The number of carbonyl (C=O) groups is 1. The van der Waals surface area contributed by atoms with E-state index in [2.05, 4.69) is 109 Å². The average Bonchev–Trinajstić information content (AvgIpc) is 3.34. The van der Waals surface area contributed by atoms with Gasteiger partial charge in [-0.25, -0.2) is 4.79 Å². The Kier molecular flexibility index (Phi) is 13.3. The predicted octanol–water partition coefficient (Wildman–Crippen LogP) is 8.97. The van der Waals surface area contributed by atoms with Gasteiger partial charge in [-0.3, -0.25) is 4.90 Å². The molecule has 270 valence electrons. The van der Waals surface area contributed by atoms with Crippen molar-refractivity contribution in [2.24, 2.45) is 0 Å². The van der Waals surface area contributed by atoms with Crippen LogP contribution in [0.15, 0.2) is 121 Å². The summed E-state index contributed by atoms with van der Waals surface area (Å²) in [6.07, 6.45) is 6.10. The van der Waals surface area contributed by atoms with Crippen molar-refractivity contribution in [2.45, 2.75) is 70.9 Å². The molecule has 0 radical (unpaired) electrons. The Morgan fingerprint density at radius 1 is 0.692 bits per heavy atom. The number of fused-ring (bicyclic) bond motifs is 2. The molecule has 0 fully saturated rings. The van der Waals surface area contributed by atoms with Gasteiger partial charge in [0.05, 0.1) is 12.6 Å². The Balaban J connectivity index is 1.18. The molecule has 2 unspecified atom stereocenters. The largest absolute Gasteiger partial charge is 0.492 e. The van der Waals surface area contributed by atoms with Gasteiger partial charge in [-0.1, -0.05) is 109 Å². The highest BCUT2D eigenvalue weighted by Gasteiger charge is 2.28. The Bertz CT molecular complexity index is 1850. The number of rotatable bonds is 17. The highest BCUT2D eigenvalue weighted by atomic mass is 16.6. The van der Waals surface area contributed by atoms with E-state index in [9.17, 15) is 4.79 Å². The molecule has 1 aliphatic rings. The second-order valence-electron chi connectivity index (χ2n) is 13.8. The summed E-state index contributed by atoms with van der Waals surface area (Å²) in [6.45, 7) is 5.83. The van der Waals surface area contributed by atoms with E-state index < -0.39 is 6.10 Å². The third-order valence-corrected chi connectivity index (χ3v) is 10.2. The summed E-state index contributed by atoms with van der Waals surface area (Å²) in [5, 5.41) is 0. The van der Waals surface area contributed by atoms with E-state index in [-0.39, 0.29) is 12.0 Å². The molecule has 1 aliphatic carbocycles. The highest BCUT2D eigenvalue weighted by molar-refractivity contribution is 5.75. The van der Waals surface area contributed by atoms with Crippen molar-refractivity contribution in [2.75, 3.05) is 33.4 Å². The zero-order chi connectivity index (χ0) is 36.1. The lowest BCUT2D eigenvalue weighted by Crippen LogP contribution is -2.30. The minimum absolute atomic E-state index is 0.136. The first-order valence-electron chi connectivity index (χ1n) is 19.0. The van der Waals surface area contributed by atoms with Crippen molar-refractivity contribution in [1.82, 2.24) is 4.90 Å². The molecule has 0 bridgehead atoms. The summed E-state index contributed by atoms with van der Waals surface area (Å²) in [7, 11) is 2.24. The van der Waals surface area contributed by atoms with Crippen LogP contribution in [0.1, 0.15) is 70.0 Å². The van der Waals surface area contributed by atoms with Gasteiger partial charge in [-0.2, -0.15) is 0 Å². The summed E-state index contributed by atoms with van der Waals surface area (Å²) in [4.78, 5) is 14.8. The SMILES string of the molecule is CCOC(=O)C(Cc1ccc(OCCN(C)C2c3ccc(CCc4ccccc4)cc3CCc3c(CCc4ccccc4)cccc32)cc1)OCC. The van der Waals surface area contributed by atoms with Crippen LogP contribution in [0.3, 0.4) is 0 Å². The van der Waals surface area contributed by atoms with Crippen LogP contribution in [0.4, 0.5) is 0 Å². The Hall–Kier alpha value is -4.71. The summed E-state index contributed by atoms with van der Waals surface area (Å²) in [6, 6.07) is 43.9. The van der Waals surface area contributed by atoms with Gasteiger partial charge in [-0.05, 0) is 122 Å². The number of esters is 1. The molecule has 0 heterocycles. The smallest absolute Gasteiger partial charge is 0.335 e. The molecule has 5 heteroatoms. The van der Waals surface area contributed by atoms with E-state index in [1.54, 1.807) is 0 Å². The number of carbonyl (C=O) groups excluding carboxylic acids is 1. The molecular weight excluding hydrogens is 643 g/mol. The summed E-state index contributed by atoms with van der Waals surface area (Å²) in [5.41, 5.74) is 12.4. The quantitative estimate of drug-likeness (QED) is 0.0910. The van der Waals surface area contributed by atoms with Crippen LogP contribution in [0.25, 0.3) is 0 Å². The lowest BCUT2D eigenvalue weighted by molar-refractivity contribution is -0.156. The van der Waals surface area contributed by atoms with E-state index in [1.165, 1.54) is 44.5 Å². The molecule has 0 saturated heterocycles. The van der Waals surface area contributed by atoms with E-state index in [4.69, 9.17) is 14.2 Å². The average molecular weight is 696 g/mol. The molecule has 0 spiro atoms. The van der Waals surface area contributed by atoms with Crippen molar-refractivity contribution in [3.63, 3.8) is 0 Å². The van der Waals surface area contributed by atoms with Crippen molar-refractivity contribution in [3.05, 3.63) is 171 Å². The normalized spacial score (nSPS) is 14.3. The van der Waals surface area contributed by atoms with Crippen LogP contribution in [-0.4, -0.2) is 50.4 Å². The molecule has 5 nitrogen and oxygen atoms in total. The molecule has 0 saturated carbocycles. The fraction of sp³-hybridized carbons (Fsp3) is 0.340. The molecule has 0 N–H and O–H groups in total. The molecule has 5 aromatic rings. The Morgan fingerprint density at radius 3 is 2.06 bits per heavy atom. The first-order chi connectivity index (χ1) is 25.5. The maximum atomic E-state index is 12.3. The fourth-order valence-corrected chi connectivity index (χ4v) is 7.53. The molecule has 0 aromatic heterocycles. The summed E-state index contributed by atoms with van der Waals surface area (Å²) in [5.74, 6) is 0.496. The molecule has 2 atom stereocenters. The van der Waals surface area contributed by atoms with Gasteiger partial charge in [0.15, 0.2) is 6.10 Å². The summed E-state index contributed by atoms with van der Waals surface area (Å²) < 4.78 is 17.2. The van der Waals surface area contributed by atoms with E-state index >= 15 is 0 Å². The van der Waals surface area contributed by atoms with Crippen LogP contribution in [-0.2, 0) is 59.2 Å². The number of aryl methyl sites for hydroxylation is 5. The van der Waals surface area contributed by atoms with E-state index in [0.29, 0.717) is 26.2 Å².